The lowest BCUT2D eigenvalue weighted by Gasteiger charge is -2.16. The van der Waals surface area contributed by atoms with Gasteiger partial charge in [-0.1, -0.05) is 24.3 Å². The number of hydrogen-bond donors (Lipinski definition) is 2. The van der Waals surface area contributed by atoms with Crippen molar-refractivity contribution in [2.24, 2.45) is 0 Å². The molecule has 0 aliphatic heterocycles. The van der Waals surface area contributed by atoms with Gasteiger partial charge in [0.15, 0.2) is 0 Å². The Morgan fingerprint density at radius 3 is 2.56 bits per heavy atom. The molecule has 0 unspecified atom stereocenters. The van der Waals surface area contributed by atoms with E-state index in [9.17, 15) is 4.79 Å². The molecule has 1 aromatic heterocycles. The fraction of sp³-hybridized carbons (Fsp3) is 0.238. The molecule has 0 bridgehead atoms. The number of aryl methyl sites for hydroxylation is 1. The average Bonchev–Trinajstić information content (AvgIpc) is 3.08. The van der Waals surface area contributed by atoms with Crippen molar-refractivity contribution in [3.05, 3.63) is 65.4 Å². The molecule has 0 spiro atoms. The third-order valence-corrected chi connectivity index (χ3v) is 4.43. The molecular weight excluding hydrogens is 340 g/mol. The van der Waals surface area contributed by atoms with Crippen LogP contribution in [0, 0.1) is 13.8 Å². The fourth-order valence-corrected chi connectivity index (χ4v) is 3.06. The van der Waals surface area contributed by atoms with E-state index < -0.39 is 0 Å². The van der Waals surface area contributed by atoms with Gasteiger partial charge in [0.05, 0.1) is 24.6 Å². The smallest absolute Gasteiger partial charge is 0.221 e. The Morgan fingerprint density at radius 1 is 1.15 bits per heavy atom. The Bertz CT molecular complexity index is 948. The number of rotatable bonds is 6. The van der Waals surface area contributed by atoms with Gasteiger partial charge in [0.2, 0.25) is 11.8 Å². The summed E-state index contributed by atoms with van der Waals surface area (Å²) in [5, 5.41) is 10.8. The molecule has 1 heterocycles. The maximum absolute atomic E-state index is 11.5. The first-order chi connectivity index (χ1) is 13.0. The van der Waals surface area contributed by atoms with E-state index in [1.807, 2.05) is 56.3 Å². The minimum atomic E-state index is -0.0795. The maximum Gasteiger partial charge on any atom is 0.221 e. The van der Waals surface area contributed by atoms with Gasteiger partial charge in [-0.3, -0.25) is 4.79 Å². The van der Waals surface area contributed by atoms with E-state index in [-0.39, 0.29) is 5.91 Å². The molecule has 2 N–H and O–H groups in total. The standard InChI is InChI=1S/C21H24N4O2/c1-14-10-11-19(15(2)20(14)24-16(3)26)22-12-17-13-23-25(21(17)27-4)18-8-6-5-7-9-18/h5-11,13,22H,12H2,1-4H3,(H,24,26). The van der Waals surface area contributed by atoms with Gasteiger partial charge in [0.1, 0.15) is 0 Å². The first-order valence-electron chi connectivity index (χ1n) is 8.79. The molecule has 0 saturated carbocycles. The molecule has 6 heteroatoms. The van der Waals surface area contributed by atoms with Crippen LogP contribution in [0.4, 0.5) is 11.4 Å². The Kier molecular flexibility index (Phi) is 5.45. The summed E-state index contributed by atoms with van der Waals surface area (Å²) >= 11 is 0. The number of aromatic nitrogens is 2. The van der Waals surface area contributed by atoms with Gasteiger partial charge in [-0.25, -0.2) is 4.68 Å². The average molecular weight is 364 g/mol. The predicted octanol–water partition coefficient (Wildman–Crippen LogP) is 4.07. The van der Waals surface area contributed by atoms with Crippen LogP contribution in [0.5, 0.6) is 5.88 Å². The summed E-state index contributed by atoms with van der Waals surface area (Å²) in [6.07, 6.45) is 1.80. The van der Waals surface area contributed by atoms with Gasteiger partial charge in [0.25, 0.3) is 0 Å². The quantitative estimate of drug-likeness (QED) is 0.692. The molecule has 6 nitrogen and oxygen atoms in total. The molecule has 3 rings (SSSR count). The van der Waals surface area contributed by atoms with Gasteiger partial charge in [0, 0.05) is 24.8 Å². The molecule has 1 amide bonds. The summed E-state index contributed by atoms with van der Waals surface area (Å²) in [5.74, 6) is 0.615. The van der Waals surface area contributed by atoms with Crippen LogP contribution in [0.3, 0.4) is 0 Å². The highest BCUT2D eigenvalue weighted by atomic mass is 16.5. The summed E-state index contributed by atoms with van der Waals surface area (Å²) in [4.78, 5) is 11.5. The lowest BCUT2D eigenvalue weighted by Crippen LogP contribution is -2.10. The van der Waals surface area contributed by atoms with Crippen LogP contribution in [-0.2, 0) is 11.3 Å². The lowest BCUT2D eigenvalue weighted by atomic mass is 10.1. The van der Waals surface area contributed by atoms with Crippen LogP contribution in [0.2, 0.25) is 0 Å². The minimum absolute atomic E-state index is 0.0795. The zero-order valence-electron chi connectivity index (χ0n) is 16.0. The number of nitrogens with one attached hydrogen (secondary N) is 2. The first kappa shape index (κ1) is 18.5. The Labute approximate surface area is 159 Å². The van der Waals surface area contributed by atoms with E-state index in [2.05, 4.69) is 15.7 Å². The van der Waals surface area contributed by atoms with Crippen molar-refractivity contribution >= 4 is 17.3 Å². The van der Waals surface area contributed by atoms with E-state index >= 15 is 0 Å². The number of nitrogens with zero attached hydrogens (tertiary/aromatic N) is 2. The monoisotopic (exact) mass is 364 g/mol. The van der Waals surface area contributed by atoms with Gasteiger partial charge < -0.3 is 15.4 Å². The van der Waals surface area contributed by atoms with Crippen LogP contribution in [0.15, 0.2) is 48.7 Å². The van der Waals surface area contributed by atoms with E-state index in [0.717, 1.165) is 33.8 Å². The zero-order chi connectivity index (χ0) is 19.4. The third-order valence-electron chi connectivity index (χ3n) is 4.43. The molecule has 0 aliphatic rings. The molecule has 2 aromatic carbocycles. The van der Waals surface area contributed by atoms with Crippen LogP contribution >= 0.6 is 0 Å². The van der Waals surface area contributed by atoms with Gasteiger partial charge in [-0.05, 0) is 43.2 Å². The van der Waals surface area contributed by atoms with Crippen molar-refractivity contribution in [3.63, 3.8) is 0 Å². The third kappa shape index (κ3) is 3.95. The highest BCUT2D eigenvalue weighted by Crippen LogP contribution is 2.29. The number of methoxy groups -OCH3 is 1. The van der Waals surface area contributed by atoms with Gasteiger partial charge in [-0.2, -0.15) is 5.10 Å². The van der Waals surface area contributed by atoms with E-state index in [1.165, 1.54) is 6.92 Å². The highest BCUT2D eigenvalue weighted by Gasteiger charge is 2.14. The summed E-state index contributed by atoms with van der Waals surface area (Å²) in [6, 6.07) is 13.9. The van der Waals surface area contributed by atoms with E-state index in [4.69, 9.17) is 4.74 Å². The number of benzene rings is 2. The molecule has 0 aliphatic carbocycles. The Morgan fingerprint density at radius 2 is 1.89 bits per heavy atom. The summed E-state index contributed by atoms with van der Waals surface area (Å²) in [6.45, 7) is 6.04. The molecule has 0 radical (unpaired) electrons. The van der Waals surface area contributed by atoms with Gasteiger partial charge in [-0.15, -0.1) is 0 Å². The van der Waals surface area contributed by atoms with Gasteiger partial charge >= 0.3 is 0 Å². The van der Waals surface area contributed by atoms with Crippen LogP contribution in [0.1, 0.15) is 23.6 Å². The molecule has 0 saturated heterocycles. The number of anilines is 2. The zero-order valence-corrected chi connectivity index (χ0v) is 16.0. The SMILES string of the molecule is COc1c(CNc2ccc(C)c(NC(C)=O)c2C)cnn1-c1ccccc1. The topological polar surface area (TPSA) is 68.2 Å². The van der Waals surface area contributed by atoms with Crippen LogP contribution in [0.25, 0.3) is 5.69 Å². The molecular formula is C21H24N4O2. The second-order valence-corrected chi connectivity index (χ2v) is 6.39. The van der Waals surface area contributed by atoms with E-state index in [1.54, 1.807) is 18.0 Å². The molecule has 140 valence electrons. The van der Waals surface area contributed by atoms with Crippen molar-refractivity contribution in [1.82, 2.24) is 9.78 Å². The van der Waals surface area contributed by atoms with Crippen molar-refractivity contribution in [3.8, 4) is 11.6 Å². The number of amides is 1. The van der Waals surface area contributed by atoms with Crippen LogP contribution < -0.4 is 15.4 Å². The van der Waals surface area contributed by atoms with E-state index in [0.29, 0.717) is 12.4 Å². The molecule has 3 aromatic rings. The number of hydrogen-bond acceptors (Lipinski definition) is 4. The summed E-state index contributed by atoms with van der Waals surface area (Å²) in [5.41, 5.74) is 5.73. The van der Waals surface area contributed by atoms with Crippen molar-refractivity contribution < 1.29 is 9.53 Å². The van der Waals surface area contributed by atoms with Crippen molar-refractivity contribution in [2.75, 3.05) is 17.7 Å². The molecule has 27 heavy (non-hydrogen) atoms. The summed E-state index contributed by atoms with van der Waals surface area (Å²) < 4.78 is 7.37. The summed E-state index contributed by atoms with van der Waals surface area (Å²) in [7, 11) is 1.64. The molecule has 0 fully saturated rings. The number of carbonyl (C=O) groups is 1. The largest absolute Gasteiger partial charge is 0.481 e. The fourth-order valence-electron chi connectivity index (χ4n) is 3.06. The lowest BCUT2D eigenvalue weighted by molar-refractivity contribution is -0.114. The number of para-hydroxylation sites is 1. The number of ether oxygens (including phenoxy) is 1. The van der Waals surface area contributed by atoms with Crippen molar-refractivity contribution in [2.45, 2.75) is 27.3 Å². The second kappa shape index (κ2) is 7.95. The minimum Gasteiger partial charge on any atom is -0.481 e. The Hall–Kier alpha value is -3.28. The highest BCUT2D eigenvalue weighted by molar-refractivity contribution is 5.91. The normalized spacial score (nSPS) is 10.5. The second-order valence-electron chi connectivity index (χ2n) is 6.39. The van der Waals surface area contributed by atoms with Crippen LogP contribution in [-0.4, -0.2) is 22.8 Å². The molecule has 0 atom stereocenters. The Balaban J connectivity index is 1.84. The maximum atomic E-state index is 11.5. The first-order valence-corrected chi connectivity index (χ1v) is 8.79. The predicted molar refractivity (Wildman–Crippen MR) is 108 cm³/mol. The van der Waals surface area contributed by atoms with Crippen molar-refractivity contribution in [1.29, 1.82) is 0 Å². The number of carbonyl (C=O) groups excluding carboxylic acids is 1.